The number of amides is 2. The summed E-state index contributed by atoms with van der Waals surface area (Å²) in [5.41, 5.74) is 5.31. The molecule has 0 bridgehead atoms. The van der Waals surface area contributed by atoms with E-state index in [4.69, 9.17) is 19.9 Å². The van der Waals surface area contributed by atoms with E-state index in [0.29, 0.717) is 41.0 Å². The highest BCUT2D eigenvalue weighted by molar-refractivity contribution is 6.06. The highest BCUT2D eigenvalue weighted by Crippen LogP contribution is 2.38. The molecular weight excluding hydrogens is 598 g/mol. The Labute approximate surface area is 261 Å². The number of carbonyl (C=O) groups is 2. The molecule has 5 aromatic rings. The molecule has 10 nitrogen and oxygen atoms in total. The lowest BCUT2D eigenvalue weighted by atomic mass is 9.90. The number of primary amides is 1. The molecule has 1 aliphatic carbocycles. The molecule has 0 spiro atoms. The van der Waals surface area contributed by atoms with Crippen molar-refractivity contribution in [3.05, 3.63) is 106 Å². The first-order chi connectivity index (χ1) is 22.2. The summed E-state index contributed by atoms with van der Waals surface area (Å²) in [5.74, 6) is -1.92. The zero-order chi connectivity index (χ0) is 32.5. The quantitative estimate of drug-likeness (QED) is 0.198. The Morgan fingerprint density at radius 3 is 2.28 bits per heavy atom. The topological polar surface area (TPSA) is 135 Å². The standard InChI is InChI=1S/C34H28F2N4O6/c1-44-28-15-22-25(16-29(28)45-2)38-13-12-26(22)46-27-11-10-20(14-24(27)36)39-34(43)23-17-40(21-4-3-5-21)31(33(37)42)30(32(23)41)18-6-8-19(35)9-7-18/h6-17,21H,3-5H2,1-2H3,(H2,37,42)(H,39,43). The second kappa shape index (κ2) is 12.3. The van der Waals surface area contributed by atoms with Crippen molar-refractivity contribution in [1.29, 1.82) is 0 Å². The third kappa shape index (κ3) is 5.60. The molecule has 3 aromatic carbocycles. The van der Waals surface area contributed by atoms with Gasteiger partial charge >= 0.3 is 0 Å². The van der Waals surface area contributed by atoms with Gasteiger partial charge in [0.1, 0.15) is 22.8 Å². The van der Waals surface area contributed by atoms with Crippen molar-refractivity contribution >= 4 is 28.4 Å². The molecule has 234 valence electrons. The van der Waals surface area contributed by atoms with Gasteiger partial charge in [0, 0.05) is 41.6 Å². The lowest BCUT2D eigenvalue weighted by Gasteiger charge is -2.31. The summed E-state index contributed by atoms with van der Waals surface area (Å²) in [7, 11) is 3.00. The van der Waals surface area contributed by atoms with Crippen LogP contribution < -0.4 is 30.7 Å². The van der Waals surface area contributed by atoms with E-state index in [9.17, 15) is 18.8 Å². The van der Waals surface area contributed by atoms with Gasteiger partial charge in [0.05, 0.1) is 25.3 Å². The predicted octanol–water partition coefficient (Wildman–Crippen LogP) is 6.23. The zero-order valence-electron chi connectivity index (χ0n) is 24.8. The first kappa shape index (κ1) is 30.3. The molecule has 2 heterocycles. The minimum absolute atomic E-state index is 0.0535. The van der Waals surface area contributed by atoms with Gasteiger partial charge in [-0.1, -0.05) is 12.1 Å². The fourth-order valence-corrected chi connectivity index (χ4v) is 5.40. The highest BCUT2D eigenvalue weighted by Gasteiger charge is 2.29. The monoisotopic (exact) mass is 626 g/mol. The molecule has 2 aromatic heterocycles. The van der Waals surface area contributed by atoms with Crippen LogP contribution in [0.25, 0.3) is 22.0 Å². The van der Waals surface area contributed by atoms with Gasteiger partial charge in [-0.15, -0.1) is 0 Å². The van der Waals surface area contributed by atoms with Crippen molar-refractivity contribution in [1.82, 2.24) is 9.55 Å². The summed E-state index contributed by atoms with van der Waals surface area (Å²) in [6.45, 7) is 0. The van der Waals surface area contributed by atoms with E-state index in [0.717, 1.165) is 24.6 Å². The van der Waals surface area contributed by atoms with E-state index in [1.807, 2.05) is 0 Å². The van der Waals surface area contributed by atoms with Crippen molar-refractivity contribution in [2.24, 2.45) is 5.73 Å². The molecule has 0 radical (unpaired) electrons. The molecule has 1 aliphatic rings. The maximum Gasteiger partial charge on any atom is 0.266 e. The Hall–Kier alpha value is -5.78. The molecular formula is C34H28F2N4O6. The number of nitrogens with one attached hydrogen (secondary N) is 1. The number of carbonyl (C=O) groups excluding carboxylic acids is 2. The van der Waals surface area contributed by atoms with Gasteiger partial charge in [0.25, 0.3) is 11.8 Å². The SMILES string of the molecule is COc1cc2nccc(Oc3ccc(NC(=O)c4cn(C5CCC5)c(C(N)=O)c(-c5ccc(F)cc5)c4=O)cc3F)c2cc1OC. The van der Waals surface area contributed by atoms with Gasteiger partial charge in [0.2, 0.25) is 5.43 Å². The van der Waals surface area contributed by atoms with Crippen LogP contribution in [0.15, 0.2) is 77.9 Å². The highest BCUT2D eigenvalue weighted by atomic mass is 19.1. The third-order valence-electron chi connectivity index (χ3n) is 7.93. The molecule has 3 N–H and O–H groups in total. The number of fused-ring (bicyclic) bond motifs is 1. The molecule has 1 saturated carbocycles. The number of aromatic nitrogens is 2. The van der Waals surface area contributed by atoms with E-state index < -0.39 is 28.9 Å². The molecule has 0 unspecified atom stereocenters. The fraction of sp³-hybridized carbons (Fsp3) is 0.176. The van der Waals surface area contributed by atoms with Gasteiger partial charge in [-0.25, -0.2) is 8.78 Å². The summed E-state index contributed by atoms with van der Waals surface area (Å²) in [5, 5.41) is 3.11. The summed E-state index contributed by atoms with van der Waals surface area (Å²) in [4.78, 5) is 44.1. The Balaban J connectivity index is 1.33. The number of methoxy groups -OCH3 is 2. The average Bonchev–Trinajstić information content (AvgIpc) is 3.01. The van der Waals surface area contributed by atoms with Gasteiger partial charge in [-0.3, -0.25) is 19.4 Å². The molecule has 0 aliphatic heterocycles. The number of benzene rings is 3. The Bertz CT molecular complexity index is 2060. The van der Waals surface area contributed by atoms with Crippen LogP contribution in [-0.2, 0) is 0 Å². The minimum atomic E-state index is -0.854. The second-order valence-corrected chi connectivity index (χ2v) is 10.7. The van der Waals surface area contributed by atoms with Crippen LogP contribution in [0.5, 0.6) is 23.0 Å². The van der Waals surface area contributed by atoms with Crippen molar-refractivity contribution in [2.75, 3.05) is 19.5 Å². The Morgan fingerprint density at radius 1 is 0.935 bits per heavy atom. The number of pyridine rings is 2. The predicted molar refractivity (Wildman–Crippen MR) is 167 cm³/mol. The van der Waals surface area contributed by atoms with Crippen molar-refractivity contribution < 1.29 is 32.6 Å². The maximum atomic E-state index is 15.3. The van der Waals surface area contributed by atoms with Crippen LogP contribution >= 0.6 is 0 Å². The van der Waals surface area contributed by atoms with E-state index in [1.54, 1.807) is 22.8 Å². The molecule has 2 amide bonds. The van der Waals surface area contributed by atoms with Crippen LogP contribution in [-0.4, -0.2) is 35.6 Å². The average molecular weight is 627 g/mol. The van der Waals surface area contributed by atoms with Gasteiger partial charge in [0.15, 0.2) is 23.1 Å². The summed E-state index contributed by atoms with van der Waals surface area (Å²) in [6, 6.07) is 13.6. The molecule has 46 heavy (non-hydrogen) atoms. The summed E-state index contributed by atoms with van der Waals surface area (Å²) in [6.07, 6.45) is 5.14. The lowest BCUT2D eigenvalue weighted by Crippen LogP contribution is -2.33. The number of ether oxygens (including phenoxy) is 3. The molecule has 0 saturated heterocycles. The Kier molecular flexibility index (Phi) is 8.10. The fourth-order valence-electron chi connectivity index (χ4n) is 5.40. The molecule has 0 atom stereocenters. The van der Waals surface area contributed by atoms with Crippen molar-refractivity contribution in [3.8, 4) is 34.1 Å². The summed E-state index contributed by atoms with van der Waals surface area (Å²) < 4.78 is 47.2. The molecule has 6 rings (SSSR count). The number of hydrogen-bond donors (Lipinski definition) is 2. The van der Waals surface area contributed by atoms with Crippen molar-refractivity contribution in [3.63, 3.8) is 0 Å². The van der Waals surface area contributed by atoms with E-state index in [-0.39, 0.29) is 39.9 Å². The minimum Gasteiger partial charge on any atom is -0.493 e. The number of hydrogen-bond acceptors (Lipinski definition) is 7. The maximum absolute atomic E-state index is 15.3. The van der Waals surface area contributed by atoms with Crippen LogP contribution in [0.1, 0.15) is 46.2 Å². The van der Waals surface area contributed by atoms with Crippen LogP contribution in [0, 0.1) is 11.6 Å². The van der Waals surface area contributed by atoms with Crippen LogP contribution in [0.4, 0.5) is 14.5 Å². The largest absolute Gasteiger partial charge is 0.493 e. The first-order valence-electron chi connectivity index (χ1n) is 14.3. The van der Waals surface area contributed by atoms with E-state index in [1.165, 1.54) is 50.9 Å². The Morgan fingerprint density at radius 2 is 1.65 bits per heavy atom. The number of rotatable bonds is 9. The third-order valence-corrected chi connectivity index (χ3v) is 7.93. The molecule has 12 heteroatoms. The first-order valence-corrected chi connectivity index (χ1v) is 14.3. The van der Waals surface area contributed by atoms with Gasteiger partial charge in [-0.2, -0.15) is 0 Å². The lowest BCUT2D eigenvalue weighted by molar-refractivity contribution is 0.0979. The number of halogens is 2. The second-order valence-electron chi connectivity index (χ2n) is 10.7. The molecule has 1 fully saturated rings. The van der Waals surface area contributed by atoms with Crippen molar-refractivity contribution in [2.45, 2.75) is 25.3 Å². The van der Waals surface area contributed by atoms with Gasteiger partial charge in [-0.05, 0) is 61.2 Å². The normalized spacial score (nSPS) is 12.8. The summed E-state index contributed by atoms with van der Waals surface area (Å²) >= 11 is 0. The number of anilines is 1. The van der Waals surface area contributed by atoms with E-state index in [2.05, 4.69) is 10.3 Å². The smallest absolute Gasteiger partial charge is 0.266 e. The van der Waals surface area contributed by atoms with Crippen LogP contribution in [0.2, 0.25) is 0 Å². The number of nitrogens with two attached hydrogens (primary N) is 1. The zero-order valence-corrected chi connectivity index (χ0v) is 24.8. The number of nitrogens with zero attached hydrogens (tertiary/aromatic N) is 2. The van der Waals surface area contributed by atoms with E-state index >= 15 is 4.39 Å². The van der Waals surface area contributed by atoms with Crippen LogP contribution in [0.3, 0.4) is 0 Å². The van der Waals surface area contributed by atoms with Gasteiger partial charge < -0.3 is 29.8 Å².